The van der Waals surface area contributed by atoms with Gasteiger partial charge in [0, 0.05) is 17.7 Å². The van der Waals surface area contributed by atoms with E-state index in [2.05, 4.69) is 16.0 Å². The molecule has 0 saturated carbocycles. The van der Waals surface area contributed by atoms with Crippen molar-refractivity contribution < 1.29 is 0 Å². The zero-order valence-corrected chi connectivity index (χ0v) is 9.17. The number of hydrogen-bond donors (Lipinski definition) is 2. The Morgan fingerprint density at radius 2 is 2.53 bits per heavy atom. The molecule has 15 heavy (non-hydrogen) atoms. The minimum absolute atomic E-state index is 0.139. The number of nitrogen functional groups attached to an aromatic ring is 1. The van der Waals surface area contributed by atoms with Gasteiger partial charge in [0.2, 0.25) is 0 Å². The lowest BCUT2D eigenvalue weighted by atomic mass is 10.3. The number of nitrogens with zero attached hydrogens (tertiary/aromatic N) is 2. The fourth-order valence-electron chi connectivity index (χ4n) is 1.04. The summed E-state index contributed by atoms with van der Waals surface area (Å²) in [6.07, 6.45) is 1.27. The zero-order chi connectivity index (χ0) is 11.3. The van der Waals surface area contributed by atoms with Gasteiger partial charge >= 0.3 is 0 Å². The van der Waals surface area contributed by atoms with Gasteiger partial charge in [0.1, 0.15) is 5.82 Å². The van der Waals surface area contributed by atoms with Crippen LogP contribution in [0.1, 0.15) is 19.8 Å². The normalized spacial score (nSPS) is 12.0. The predicted octanol–water partition coefficient (Wildman–Crippen LogP) is 1.14. The van der Waals surface area contributed by atoms with Crippen molar-refractivity contribution in [3.05, 3.63) is 16.4 Å². The van der Waals surface area contributed by atoms with Crippen molar-refractivity contribution in [2.45, 2.75) is 30.2 Å². The smallest absolute Gasteiger partial charge is 0.253 e. The van der Waals surface area contributed by atoms with Crippen molar-refractivity contribution in [1.29, 1.82) is 5.26 Å². The van der Waals surface area contributed by atoms with Crippen molar-refractivity contribution >= 4 is 17.6 Å². The molecule has 0 aromatic carbocycles. The number of thioether (sulfide) groups is 1. The van der Waals surface area contributed by atoms with E-state index < -0.39 is 0 Å². The number of nitriles is 1. The molecular weight excluding hydrogens is 212 g/mol. The molecule has 0 radical (unpaired) electrons. The molecule has 0 saturated heterocycles. The molecule has 0 aliphatic rings. The summed E-state index contributed by atoms with van der Waals surface area (Å²) in [7, 11) is 0. The fraction of sp³-hybridized carbons (Fsp3) is 0.444. The van der Waals surface area contributed by atoms with E-state index in [1.807, 2.05) is 6.92 Å². The summed E-state index contributed by atoms with van der Waals surface area (Å²) < 4.78 is 0. The van der Waals surface area contributed by atoms with Crippen LogP contribution < -0.4 is 11.3 Å². The molecule has 3 N–H and O–H groups in total. The predicted molar refractivity (Wildman–Crippen MR) is 59.4 cm³/mol. The van der Waals surface area contributed by atoms with E-state index in [0.29, 0.717) is 11.6 Å². The molecule has 1 rings (SSSR count). The first-order valence-corrected chi connectivity index (χ1v) is 5.44. The Bertz CT molecular complexity index is 423. The summed E-state index contributed by atoms with van der Waals surface area (Å²) in [5, 5.41) is 9.19. The van der Waals surface area contributed by atoms with E-state index >= 15 is 0 Å². The van der Waals surface area contributed by atoms with Gasteiger partial charge in [-0.2, -0.15) is 5.26 Å². The number of nitrogens with two attached hydrogens (primary N) is 1. The molecule has 1 heterocycles. The Balaban J connectivity index is 2.79. The molecule has 0 aliphatic heterocycles. The lowest BCUT2D eigenvalue weighted by molar-refractivity contribution is 0.830. The summed E-state index contributed by atoms with van der Waals surface area (Å²) in [4.78, 5) is 17.6. The van der Waals surface area contributed by atoms with E-state index in [9.17, 15) is 4.79 Å². The molecule has 1 aromatic heterocycles. The summed E-state index contributed by atoms with van der Waals surface area (Å²) in [5.41, 5.74) is 5.17. The van der Waals surface area contributed by atoms with Gasteiger partial charge < -0.3 is 10.7 Å². The standard InChI is InChI=1S/C9H12N4OS/c1-2-6(3-4-10)15-9-12-7(11)5-8(14)13-9/h5-6H,2-3H2,1H3,(H3,11,12,13,14). The Labute approximate surface area is 91.7 Å². The Morgan fingerprint density at radius 3 is 3.07 bits per heavy atom. The van der Waals surface area contributed by atoms with Crippen LogP contribution in [0.3, 0.4) is 0 Å². The van der Waals surface area contributed by atoms with Gasteiger partial charge in [-0.05, 0) is 6.42 Å². The number of hydrogen-bond acceptors (Lipinski definition) is 5. The van der Waals surface area contributed by atoms with Crippen molar-refractivity contribution in [1.82, 2.24) is 9.97 Å². The average Bonchev–Trinajstić information content (AvgIpc) is 2.15. The van der Waals surface area contributed by atoms with Gasteiger partial charge in [-0.25, -0.2) is 4.98 Å². The Morgan fingerprint density at radius 1 is 1.80 bits per heavy atom. The van der Waals surface area contributed by atoms with Gasteiger partial charge in [0.15, 0.2) is 5.16 Å². The third-order valence-corrected chi connectivity index (χ3v) is 3.04. The summed E-state index contributed by atoms with van der Waals surface area (Å²) in [6, 6.07) is 3.33. The molecule has 6 heteroatoms. The topological polar surface area (TPSA) is 95.6 Å². The molecule has 1 atom stereocenters. The molecule has 80 valence electrons. The fourth-order valence-corrected chi connectivity index (χ4v) is 2.00. The van der Waals surface area contributed by atoms with Crippen LogP contribution in [0.5, 0.6) is 0 Å². The van der Waals surface area contributed by atoms with Crippen LogP contribution in [0.15, 0.2) is 16.0 Å². The van der Waals surface area contributed by atoms with Crippen molar-refractivity contribution in [3.63, 3.8) is 0 Å². The lowest BCUT2D eigenvalue weighted by Crippen LogP contribution is -2.11. The number of aromatic amines is 1. The van der Waals surface area contributed by atoms with Crippen molar-refractivity contribution in [2.24, 2.45) is 0 Å². The monoisotopic (exact) mass is 224 g/mol. The molecule has 0 amide bonds. The maximum atomic E-state index is 11.1. The second kappa shape index (κ2) is 5.41. The summed E-state index contributed by atoms with van der Waals surface area (Å²) in [5.74, 6) is 0.202. The third kappa shape index (κ3) is 3.64. The van der Waals surface area contributed by atoms with E-state index in [4.69, 9.17) is 11.0 Å². The summed E-state index contributed by atoms with van der Waals surface area (Å²) >= 11 is 1.37. The van der Waals surface area contributed by atoms with Crippen LogP contribution in [-0.2, 0) is 0 Å². The van der Waals surface area contributed by atoms with Crippen LogP contribution in [0, 0.1) is 11.3 Å². The first-order chi connectivity index (χ1) is 7.15. The van der Waals surface area contributed by atoms with Crippen molar-refractivity contribution in [2.75, 3.05) is 5.73 Å². The number of nitrogens with one attached hydrogen (secondary N) is 1. The number of rotatable bonds is 4. The van der Waals surface area contributed by atoms with Gasteiger partial charge in [0.25, 0.3) is 5.56 Å². The van der Waals surface area contributed by atoms with E-state index in [-0.39, 0.29) is 16.6 Å². The Hall–Kier alpha value is -1.48. The molecule has 0 fully saturated rings. The van der Waals surface area contributed by atoms with Gasteiger partial charge in [0.05, 0.1) is 6.07 Å². The van der Waals surface area contributed by atoms with Crippen molar-refractivity contribution in [3.8, 4) is 6.07 Å². The maximum absolute atomic E-state index is 11.1. The number of H-pyrrole nitrogens is 1. The van der Waals surface area contributed by atoms with E-state index in [1.54, 1.807) is 0 Å². The number of anilines is 1. The first-order valence-electron chi connectivity index (χ1n) is 4.56. The average molecular weight is 224 g/mol. The first kappa shape index (κ1) is 11.6. The quantitative estimate of drug-likeness (QED) is 0.590. The highest BCUT2D eigenvalue weighted by Crippen LogP contribution is 2.23. The van der Waals surface area contributed by atoms with Crippen LogP contribution in [0.2, 0.25) is 0 Å². The molecule has 0 aliphatic carbocycles. The third-order valence-electron chi connectivity index (χ3n) is 1.79. The van der Waals surface area contributed by atoms with Crippen LogP contribution >= 0.6 is 11.8 Å². The minimum Gasteiger partial charge on any atom is -0.383 e. The van der Waals surface area contributed by atoms with Crippen LogP contribution in [-0.4, -0.2) is 15.2 Å². The van der Waals surface area contributed by atoms with Gasteiger partial charge in [-0.3, -0.25) is 4.79 Å². The molecule has 1 unspecified atom stereocenters. The molecule has 0 spiro atoms. The SMILES string of the molecule is CCC(CC#N)Sc1nc(N)cc(=O)[nH]1. The summed E-state index contributed by atoms with van der Waals surface area (Å²) in [6.45, 7) is 1.99. The van der Waals surface area contributed by atoms with Gasteiger partial charge in [-0.15, -0.1) is 0 Å². The maximum Gasteiger partial charge on any atom is 0.253 e. The molecule has 5 nitrogen and oxygen atoms in total. The molecule has 1 aromatic rings. The van der Waals surface area contributed by atoms with E-state index in [0.717, 1.165) is 6.42 Å². The Kier molecular flexibility index (Phi) is 4.18. The van der Waals surface area contributed by atoms with Crippen LogP contribution in [0.4, 0.5) is 5.82 Å². The highest BCUT2D eigenvalue weighted by molar-refractivity contribution is 7.99. The second-order valence-corrected chi connectivity index (χ2v) is 4.27. The van der Waals surface area contributed by atoms with E-state index in [1.165, 1.54) is 17.8 Å². The minimum atomic E-state index is -0.267. The number of aromatic nitrogens is 2. The molecule has 0 bridgehead atoms. The zero-order valence-electron chi connectivity index (χ0n) is 8.36. The highest BCUT2D eigenvalue weighted by Gasteiger charge is 2.09. The largest absolute Gasteiger partial charge is 0.383 e. The van der Waals surface area contributed by atoms with Crippen LogP contribution in [0.25, 0.3) is 0 Å². The second-order valence-electron chi connectivity index (χ2n) is 2.99. The lowest BCUT2D eigenvalue weighted by Gasteiger charge is -2.08. The molecular formula is C9H12N4OS. The van der Waals surface area contributed by atoms with Gasteiger partial charge in [-0.1, -0.05) is 18.7 Å². The highest BCUT2D eigenvalue weighted by atomic mass is 32.2.